The van der Waals surface area contributed by atoms with Crippen LogP contribution in [0.4, 0.5) is 0 Å². The zero-order valence-corrected chi connectivity index (χ0v) is 16.2. The lowest BCUT2D eigenvalue weighted by atomic mass is 10.0. The molecule has 1 amide bonds. The van der Waals surface area contributed by atoms with Crippen molar-refractivity contribution in [1.82, 2.24) is 10.3 Å². The van der Waals surface area contributed by atoms with E-state index in [4.69, 9.17) is 4.74 Å². The van der Waals surface area contributed by atoms with Crippen LogP contribution in [0.5, 0.6) is 0 Å². The highest BCUT2D eigenvalue weighted by molar-refractivity contribution is 6.18. The number of fused-ring (bicyclic) bond motifs is 1. The van der Waals surface area contributed by atoms with Crippen LogP contribution in [0.1, 0.15) is 33.3 Å². The highest BCUT2D eigenvalue weighted by atomic mass is 16.5. The topological polar surface area (TPSA) is 88.3 Å². The van der Waals surface area contributed by atoms with Crippen LogP contribution >= 0.6 is 0 Å². The predicted octanol–water partition coefficient (Wildman–Crippen LogP) is 2.93. The Morgan fingerprint density at radius 3 is 2.56 bits per heavy atom. The summed E-state index contributed by atoms with van der Waals surface area (Å²) < 4.78 is 5.12. The molecule has 2 N–H and O–H groups in total. The van der Waals surface area contributed by atoms with Gasteiger partial charge >= 0.3 is 5.97 Å². The maximum atomic E-state index is 12.6. The predicted molar refractivity (Wildman–Crippen MR) is 104 cm³/mol. The van der Waals surface area contributed by atoms with Crippen LogP contribution < -0.4 is 5.32 Å². The van der Waals surface area contributed by atoms with E-state index in [0.29, 0.717) is 0 Å². The number of aromatic nitrogens is 1. The molecule has 1 aromatic carbocycles. The number of carbonyl (C=O) groups excluding carboxylic acids is 3. The van der Waals surface area contributed by atoms with Crippen LogP contribution in [0, 0.1) is 5.92 Å². The molecule has 27 heavy (non-hydrogen) atoms. The normalized spacial score (nSPS) is 12.9. The van der Waals surface area contributed by atoms with Gasteiger partial charge in [0.05, 0.1) is 12.2 Å². The summed E-state index contributed by atoms with van der Waals surface area (Å²) in [6.45, 7) is 7.02. The number of H-pyrrole nitrogens is 1. The van der Waals surface area contributed by atoms with E-state index in [2.05, 4.69) is 10.3 Å². The molecule has 0 aliphatic heterocycles. The number of ketones is 1. The molecule has 2 rings (SSSR count). The Hall–Kier alpha value is -2.89. The lowest BCUT2D eigenvalue weighted by molar-refractivity contribution is -0.147. The van der Waals surface area contributed by atoms with Crippen molar-refractivity contribution < 1.29 is 19.1 Å². The van der Waals surface area contributed by atoms with Gasteiger partial charge in [-0.05, 0) is 31.4 Å². The highest BCUT2D eigenvalue weighted by Crippen LogP contribution is 2.19. The second kappa shape index (κ2) is 9.16. The van der Waals surface area contributed by atoms with Gasteiger partial charge in [-0.1, -0.05) is 38.1 Å². The molecule has 6 nitrogen and oxygen atoms in total. The van der Waals surface area contributed by atoms with Gasteiger partial charge in [-0.2, -0.15) is 0 Å². The molecule has 1 heterocycles. The molecule has 0 aliphatic carbocycles. The summed E-state index contributed by atoms with van der Waals surface area (Å²) in [6.07, 6.45) is 3.69. The minimum absolute atomic E-state index is 0.0318. The minimum Gasteiger partial charge on any atom is -0.464 e. The number of benzene rings is 1. The molecule has 2 aromatic rings. The molecule has 0 fully saturated rings. The summed E-state index contributed by atoms with van der Waals surface area (Å²) in [4.78, 5) is 40.0. The van der Waals surface area contributed by atoms with Crippen molar-refractivity contribution in [3.8, 4) is 0 Å². The average molecular weight is 370 g/mol. The molecule has 0 saturated heterocycles. The summed E-state index contributed by atoms with van der Waals surface area (Å²) in [6, 6.07) is 6.84. The minimum atomic E-state index is -0.883. The molecule has 0 radical (unpaired) electrons. The number of aromatic amines is 1. The van der Waals surface area contributed by atoms with Gasteiger partial charge in [0.1, 0.15) is 6.04 Å². The van der Waals surface area contributed by atoms with Gasteiger partial charge in [-0.15, -0.1) is 0 Å². The average Bonchev–Trinajstić information content (AvgIpc) is 3.02. The van der Waals surface area contributed by atoms with Gasteiger partial charge in [0.15, 0.2) is 5.78 Å². The van der Waals surface area contributed by atoms with E-state index in [0.717, 1.165) is 16.5 Å². The Morgan fingerprint density at radius 1 is 1.22 bits per heavy atom. The van der Waals surface area contributed by atoms with Crippen molar-refractivity contribution in [2.75, 3.05) is 6.61 Å². The van der Waals surface area contributed by atoms with Gasteiger partial charge < -0.3 is 15.0 Å². The summed E-state index contributed by atoms with van der Waals surface area (Å²) >= 11 is 0. The Labute approximate surface area is 159 Å². The highest BCUT2D eigenvalue weighted by Gasteiger charge is 2.26. The molecule has 0 aliphatic rings. The molecular formula is C21H26N2O4. The van der Waals surface area contributed by atoms with Crippen molar-refractivity contribution in [1.29, 1.82) is 0 Å². The first kappa shape index (κ1) is 20.4. The second-order valence-corrected chi connectivity index (χ2v) is 6.72. The van der Waals surface area contributed by atoms with Crippen molar-refractivity contribution in [2.45, 2.75) is 40.2 Å². The smallest absolute Gasteiger partial charge is 0.328 e. The van der Waals surface area contributed by atoms with Crippen molar-refractivity contribution in [3.63, 3.8) is 0 Å². The van der Waals surface area contributed by atoms with E-state index in [-0.39, 0.29) is 30.3 Å². The standard InChI is InChI=1S/C21H26N2O4/c1-5-27-21(26)19(23-20(25)17(14(4)24)10-13(2)3)11-15-12-22-18-9-7-6-8-16(15)18/h6-10,12-13,19,22H,5,11H2,1-4H3,(H,23,25)/b17-10+/t19-/m0/s1. The largest absolute Gasteiger partial charge is 0.464 e. The molecule has 144 valence electrons. The summed E-state index contributed by atoms with van der Waals surface area (Å²) in [5.74, 6) is -1.39. The number of allylic oxidation sites excluding steroid dienone is 1. The first-order valence-corrected chi connectivity index (χ1v) is 9.08. The van der Waals surface area contributed by atoms with Crippen LogP contribution in [0.3, 0.4) is 0 Å². The van der Waals surface area contributed by atoms with Crippen LogP contribution in [0.15, 0.2) is 42.1 Å². The molecular weight excluding hydrogens is 344 g/mol. The zero-order valence-electron chi connectivity index (χ0n) is 16.2. The van der Waals surface area contributed by atoms with Crippen LogP contribution in [-0.4, -0.2) is 35.3 Å². The third-order valence-electron chi connectivity index (χ3n) is 4.10. The number of carbonyl (C=O) groups is 3. The number of esters is 1. The number of hydrogen-bond donors (Lipinski definition) is 2. The summed E-state index contributed by atoms with van der Waals surface area (Å²) in [5, 5.41) is 3.65. The SMILES string of the molecule is CCOC(=O)[C@H](Cc1c[nH]c2ccccc12)NC(=O)/C(=C/C(C)C)C(C)=O. The Balaban J connectivity index is 2.28. The fourth-order valence-electron chi connectivity index (χ4n) is 2.88. The first-order valence-electron chi connectivity index (χ1n) is 9.08. The van der Waals surface area contributed by atoms with Crippen molar-refractivity contribution in [2.24, 2.45) is 5.92 Å². The lowest BCUT2D eigenvalue weighted by Crippen LogP contribution is -2.44. The van der Waals surface area contributed by atoms with E-state index in [1.165, 1.54) is 6.92 Å². The lowest BCUT2D eigenvalue weighted by Gasteiger charge is -2.18. The quantitative estimate of drug-likeness (QED) is 0.324. The Bertz CT molecular complexity index is 864. The van der Waals surface area contributed by atoms with Crippen LogP contribution in [0.25, 0.3) is 10.9 Å². The van der Waals surface area contributed by atoms with E-state index in [1.54, 1.807) is 13.0 Å². The number of Topliss-reactive ketones (excluding diaryl/α,β-unsaturated/α-hetero) is 1. The number of para-hydroxylation sites is 1. The summed E-state index contributed by atoms with van der Waals surface area (Å²) in [7, 11) is 0. The third-order valence-corrected chi connectivity index (χ3v) is 4.10. The van der Waals surface area contributed by atoms with Gasteiger partial charge in [0.2, 0.25) is 0 Å². The van der Waals surface area contributed by atoms with Gasteiger partial charge in [-0.25, -0.2) is 4.79 Å². The van der Waals surface area contributed by atoms with E-state index in [1.807, 2.05) is 44.3 Å². The van der Waals surface area contributed by atoms with Gasteiger partial charge in [0, 0.05) is 23.5 Å². The third kappa shape index (κ3) is 5.29. The fourth-order valence-corrected chi connectivity index (χ4v) is 2.88. The van der Waals surface area contributed by atoms with Crippen LogP contribution in [-0.2, 0) is 25.5 Å². The number of ether oxygens (including phenoxy) is 1. The number of rotatable bonds is 8. The number of amides is 1. The monoisotopic (exact) mass is 370 g/mol. The first-order chi connectivity index (χ1) is 12.8. The van der Waals surface area contributed by atoms with Crippen molar-refractivity contribution >= 4 is 28.6 Å². The molecule has 1 atom stereocenters. The molecule has 0 unspecified atom stereocenters. The molecule has 0 saturated carbocycles. The molecule has 0 spiro atoms. The van der Waals surface area contributed by atoms with E-state index in [9.17, 15) is 14.4 Å². The summed E-state index contributed by atoms with van der Waals surface area (Å²) in [5.41, 5.74) is 1.89. The number of nitrogens with one attached hydrogen (secondary N) is 2. The second-order valence-electron chi connectivity index (χ2n) is 6.72. The van der Waals surface area contributed by atoms with Gasteiger partial charge in [-0.3, -0.25) is 9.59 Å². The molecule has 0 bridgehead atoms. The Kier molecular flexibility index (Phi) is 6.93. The van der Waals surface area contributed by atoms with E-state index < -0.39 is 17.9 Å². The Morgan fingerprint density at radius 2 is 1.93 bits per heavy atom. The molecule has 6 heteroatoms. The van der Waals surface area contributed by atoms with E-state index >= 15 is 0 Å². The van der Waals surface area contributed by atoms with Gasteiger partial charge in [0.25, 0.3) is 5.91 Å². The zero-order chi connectivity index (χ0) is 20.0. The fraction of sp³-hybridized carbons (Fsp3) is 0.381. The maximum Gasteiger partial charge on any atom is 0.328 e. The maximum absolute atomic E-state index is 12.6. The molecule has 1 aromatic heterocycles. The van der Waals surface area contributed by atoms with Crippen LogP contribution in [0.2, 0.25) is 0 Å². The van der Waals surface area contributed by atoms with Crippen molar-refractivity contribution in [3.05, 3.63) is 47.7 Å². The number of hydrogen-bond acceptors (Lipinski definition) is 4.